The van der Waals surface area contributed by atoms with E-state index >= 15 is 0 Å². The molecule has 1 heterocycles. The van der Waals surface area contributed by atoms with Crippen LogP contribution in [0.3, 0.4) is 0 Å². The molecule has 1 aromatic carbocycles. The van der Waals surface area contributed by atoms with Crippen molar-refractivity contribution in [1.82, 2.24) is 0 Å². The summed E-state index contributed by atoms with van der Waals surface area (Å²) in [5, 5.41) is 11.2. The maximum absolute atomic E-state index is 11.0. The van der Waals surface area contributed by atoms with Gasteiger partial charge in [0.2, 0.25) is 0 Å². The molecule has 5 heteroatoms. The van der Waals surface area contributed by atoms with Crippen molar-refractivity contribution in [3.63, 3.8) is 0 Å². The van der Waals surface area contributed by atoms with Gasteiger partial charge in [-0.25, -0.2) is 4.79 Å². The van der Waals surface area contributed by atoms with Gasteiger partial charge in [-0.15, -0.1) is 0 Å². The quantitative estimate of drug-likeness (QED) is 0.767. The average Bonchev–Trinajstić information content (AvgIpc) is 2.35. The van der Waals surface area contributed by atoms with Gasteiger partial charge in [-0.2, -0.15) is 0 Å². The van der Waals surface area contributed by atoms with Gasteiger partial charge in [0.15, 0.2) is 0 Å². The number of aliphatic hydroxyl groups excluding tert-OH is 1. The number of anilines is 1. The third-order valence-electron chi connectivity index (χ3n) is 2.49. The van der Waals surface area contributed by atoms with Crippen LogP contribution >= 0.6 is 0 Å². The monoisotopic (exact) mass is 237 g/mol. The fourth-order valence-electron chi connectivity index (χ4n) is 1.59. The smallest absolute Gasteiger partial charge is 0.411 e. The minimum absolute atomic E-state index is 0.188. The molecular formula is C12H15NO4. The summed E-state index contributed by atoms with van der Waals surface area (Å²) in [5.41, 5.74) is 1.67. The lowest BCUT2D eigenvalue weighted by molar-refractivity contribution is 0.151. The molecule has 0 unspecified atom stereocenters. The molecule has 0 fully saturated rings. The number of ether oxygens (including phenoxy) is 2. The number of hydrogen-bond acceptors (Lipinski definition) is 4. The van der Waals surface area contributed by atoms with Crippen LogP contribution in [0, 0.1) is 0 Å². The molecule has 0 aromatic heterocycles. The van der Waals surface area contributed by atoms with Crippen LogP contribution in [0.1, 0.15) is 18.4 Å². The standard InChI is InChI=1S/C12H15NO4/c14-5-1-2-6-16-10-3-4-11-9(7-10)8-17-12(15)13-11/h3-4,7,14H,1-2,5-6,8H2,(H,13,15). The topological polar surface area (TPSA) is 67.8 Å². The largest absolute Gasteiger partial charge is 0.494 e. The number of rotatable bonds is 5. The predicted octanol–water partition coefficient (Wildman–Crippen LogP) is 1.90. The molecule has 92 valence electrons. The van der Waals surface area contributed by atoms with E-state index in [-0.39, 0.29) is 13.2 Å². The highest BCUT2D eigenvalue weighted by atomic mass is 16.5. The lowest BCUT2D eigenvalue weighted by Crippen LogP contribution is -2.20. The van der Waals surface area contributed by atoms with Crippen molar-refractivity contribution in [3.8, 4) is 5.75 Å². The second-order valence-corrected chi connectivity index (χ2v) is 3.80. The van der Waals surface area contributed by atoms with Crippen LogP contribution in [0.15, 0.2) is 18.2 Å². The van der Waals surface area contributed by atoms with E-state index in [0.717, 1.165) is 29.8 Å². The van der Waals surface area contributed by atoms with E-state index < -0.39 is 6.09 Å². The van der Waals surface area contributed by atoms with Crippen molar-refractivity contribution in [3.05, 3.63) is 23.8 Å². The molecule has 1 amide bonds. The first-order valence-electron chi connectivity index (χ1n) is 5.60. The molecule has 1 aromatic rings. The zero-order valence-corrected chi connectivity index (χ0v) is 9.44. The summed E-state index contributed by atoms with van der Waals surface area (Å²) in [6.07, 6.45) is 1.14. The third-order valence-corrected chi connectivity index (χ3v) is 2.49. The van der Waals surface area contributed by atoms with E-state index in [1.807, 2.05) is 12.1 Å². The number of cyclic esters (lactones) is 1. The maximum atomic E-state index is 11.0. The predicted molar refractivity (Wildman–Crippen MR) is 62.1 cm³/mol. The van der Waals surface area contributed by atoms with Gasteiger partial charge in [0.05, 0.1) is 12.3 Å². The summed E-state index contributed by atoms with van der Waals surface area (Å²) in [6, 6.07) is 5.47. The number of unbranched alkanes of at least 4 members (excludes halogenated alkanes) is 1. The van der Waals surface area contributed by atoms with Gasteiger partial charge < -0.3 is 14.6 Å². The van der Waals surface area contributed by atoms with E-state index in [0.29, 0.717) is 6.61 Å². The molecule has 0 atom stereocenters. The number of benzene rings is 1. The first-order valence-corrected chi connectivity index (χ1v) is 5.60. The Balaban J connectivity index is 1.94. The number of carbonyl (C=O) groups is 1. The van der Waals surface area contributed by atoms with Crippen LogP contribution in [0.5, 0.6) is 5.75 Å². The highest BCUT2D eigenvalue weighted by Gasteiger charge is 2.15. The van der Waals surface area contributed by atoms with Crippen LogP contribution in [0.2, 0.25) is 0 Å². The molecule has 5 nitrogen and oxygen atoms in total. The SMILES string of the molecule is O=C1Nc2ccc(OCCCCO)cc2CO1. The number of nitrogens with one attached hydrogen (secondary N) is 1. The zero-order valence-electron chi connectivity index (χ0n) is 9.44. The molecule has 1 aliphatic heterocycles. The van der Waals surface area contributed by atoms with E-state index in [9.17, 15) is 4.79 Å². The highest BCUT2D eigenvalue weighted by Crippen LogP contribution is 2.26. The van der Waals surface area contributed by atoms with Gasteiger partial charge in [-0.1, -0.05) is 0 Å². The summed E-state index contributed by atoms with van der Waals surface area (Å²) >= 11 is 0. The Morgan fingerprint density at radius 3 is 3.12 bits per heavy atom. The minimum Gasteiger partial charge on any atom is -0.494 e. The molecule has 0 aliphatic carbocycles. The average molecular weight is 237 g/mol. The Hall–Kier alpha value is -1.75. The Labute approximate surface area is 99.3 Å². The van der Waals surface area contributed by atoms with Gasteiger partial charge >= 0.3 is 6.09 Å². The van der Waals surface area contributed by atoms with Gasteiger partial charge in [-0.05, 0) is 31.0 Å². The fourth-order valence-corrected chi connectivity index (χ4v) is 1.59. The Morgan fingerprint density at radius 2 is 2.29 bits per heavy atom. The molecule has 17 heavy (non-hydrogen) atoms. The minimum atomic E-state index is -0.422. The normalized spacial score (nSPS) is 13.6. The van der Waals surface area contributed by atoms with Crippen molar-refractivity contribution in [1.29, 1.82) is 0 Å². The van der Waals surface area contributed by atoms with Crippen molar-refractivity contribution in [2.24, 2.45) is 0 Å². The van der Waals surface area contributed by atoms with Crippen molar-refractivity contribution >= 4 is 11.8 Å². The van der Waals surface area contributed by atoms with E-state index in [1.54, 1.807) is 6.07 Å². The van der Waals surface area contributed by atoms with Gasteiger partial charge in [0.25, 0.3) is 0 Å². The lowest BCUT2D eigenvalue weighted by Gasteiger charge is -2.18. The number of carbonyl (C=O) groups excluding carboxylic acids is 1. The van der Waals surface area contributed by atoms with Crippen LogP contribution in [0.4, 0.5) is 10.5 Å². The third kappa shape index (κ3) is 3.10. The maximum Gasteiger partial charge on any atom is 0.411 e. The van der Waals surface area contributed by atoms with Crippen LogP contribution < -0.4 is 10.1 Å². The fraction of sp³-hybridized carbons (Fsp3) is 0.417. The summed E-state index contributed by atoms with van der Waals surface area (Å²) in [7, 11) is 0. The second-order valence-electron chi connectivity index (χ2n) is 3.80. The van der Waals surface area contributed by atoms with Gasteiger partial charge in [-0.3, -0.25) is 5.32 Å². The van der Waals surface area contributed by atoms with Gasteiger partial charge in [0.1, 0.15) is 12.4 Å². The molecule has 0 saturated carbocycles. The van der Waals surface area contributed by atoms with Crippen molar-refractivity contribution in [2.45, 2.75) is 19.4 Å². The molecular weight excluding hydrogens is 222 g/mol. The van der Waals surface area contributed by atoms with E-state index in [2.05, 4.69) is 5.32 Å². The van der Waals surface area contributed by atoms with E-state index in [1.165, 1.54) is 0 Å². The Bertz CT molecular complexity index is 405. The van der Waals surface area contributed by atoms with Gasteiger partial charge in [0, 0.05) is 12.2 Å². The zero-order chi connectivity index (χ0) is 12.1. The molecule has 0 bridgehead atoms. The summed E-state index contributed by atoms with van der Waals surface area (Å²) in [6.45, 7) is 1.04. The molecule has 0 radical (unpaired) electrons. The van der Waals surface area contributed by atoms with Crippen LogP contribution in [-0.2, 0) is 11.3 Å². The number of amides is 1. The number of hydrogen-bond donors (Lipinski definition) is 2. The Kier molecular flexibility index (Phi) is 3.82. The molecule has 1 aliphatic rings. The summed E-state index contributed by atoms with van der Waals surface area (Å²) < 4.78 is 10.4. The lowest BCUT2D eigenvalue weighted by atomic mass is 10.1. The number of fused-ring (bicyclic) bond motifs is 1. The highest BCUT2D eigenvalue weighted by molar-refractivity contribution is 5.87. The van der Waals surface area contributed by atoms with Crippen molar-refractivity contribution in [2.75, 3.05) is 18.5 Å². The first kappa shape index (κ1) is 11.7. The molecule has 0 saturated heterocycles. The van der Waals surface area contributed by atoms with Crippen LogP contribution in [0.25, 0.3) is 0 Å². The summed E-state index contributed by atoms with van der Waals surface area (Å²) in [5.74, 6) is 0.751. The molecule has 0 spiro atoms. The van der Waals surface area contributed by atoms with Crippen LogP contribution in [-0.4, -0.2) is 24.4 Å². The number of aliphatic hydroxyl groups is 1. The molecule has 2 N–H and O–H groups in total. The Morgan fingerprint density at radius 1 is 1.41 bits per heavy atom. The first-order chi connectivity index (χ1) is 8.29. The van der Waals surface area contributed by atoms with Crippen molar-refractivity contribution < 1.29 is 19.4 Å². The van der Waals surface area contributed by atoms with E-state index in [4.69, 9.17) is 14.6 Å². The second kappa shape index (κ2) is 5.54. The molecule has 2 rings (SSSR count). The summed E-state index contributed by atoms with van der Waals surface area (Å²) in [4.78, 5) is 11.0.